The standard InChI is InChI=1S/C19H16ClN7O/c1-2-17-16(10-23-27(17)15-5-3-4-13(20)8-15)19(28)25-14-6-7-18(22-9-14)26-12-21-11-24-26/h3-12H,2H2,1H3,(H,25,28). The Kier molecular flexibility index (Phi) is 4.86. The molecule has 0 aliphatic rings. The van der Waals surface area contributed by atoms with E-state index >= 15 is 0 Å². The predicted octanol–water partition coefficient (Wildman–Crippen LogP) is 3.32. The minimum Gasteiger partial charge on any atom is -0.320 e. The van der Waals surface area contributed by atoms with E-state index in [0.29, 0.717) is 28.5 Å². The molecule has 0 fully saturated rings. The number of nitrogens with zero attached hydrogens (tertiary/aromatic N) is 6. The van der Waals surface area contributed by atoms with E-state index in [-0.39, 0.29) is 5.91 Å². The van der Waals surface area contributed by atoms with E-state index in [0.717, 1.165) is 11.4 Å². The van der Waals surface area contributed by atoms with Crippen molar-refractivity contribution in [3.63, 3.8) is 0 Å². The number of anilines is 1. The van der Waals surface area contributed by atoms with Crippen molar-refractivity contribution in [2.45, 2.75) is 13.3 Å². The van der Waals surface area contributed by atoms with Crippen LogP contribution < -0.4 is 5.32 Å². The van der Waals surface area contributed by atoms with E-state index in [1.807, 2.05) is 25.1 Å². The maximum absolute atomic E-state index is 12.8. The lowest BCUT2D eigenvalue weighted by Crippen LogP contribution is -2.14. The molecule has 3 aromatic heterocycles. The number of rotatable bonds is 5. The monoisotopic (exact) mass is 393 g/mol. The molecule has 0 bridgehead atoms. The second kappa shape index (κ2) is 7.61. The lowest BCUT2D eigenvalue weighted by molar-refractivity contribution is 0.102. The zero-order valence-electron chi connectivity index (χ0n) is 15.0. The molecule has 4 aromatic rings. The highest BCUT2D eigenvalue weighted by atomic mass is 35.5. The second-order valence-corrected chi connectivity index (χ2v) is 6.39. The van der Waals surface area contributed by atoms with E-state index in [1.54, 1.807) is 41.6 Å². The number of amides is 1. The van der Waals surface area contributed by atoms with Gasteiger partial charge in [-0.25, -0.2) is 19.3 Å². The Balaban J connectivity index is 1.57. The summed E-state index contributed by atoms with van der Waals surface area (Å²) in [6.07, 6.45) is 6.76. The number of benzene rings is 1. The molecule has 0 saturated heterocycles. The van der Waals surface area contributed by atoms with Gasteiger partial charge in [-0.05, 0) is 36.8 Å². The Morgan fingerprint density at radius 2 is 2.07 bits per heavy atom. The largest absolute Gasteiger partial charge is 0.320 e. The summed E-state index contributed by atoms with van der Waals surface area (Å²) in [5.74, 6) is 0.360. The molecular weight excluding hydrogens is 378 g/mol. The number of hydrogen-bond acceptors (Lipinski definition) is 5. The summed E-state index contributed by atoms with van der Waals surface area (Å²) in [4.78, 5) is 20.9. The zero-order chi connectivity index (χ0) is 19.5. The minimum absolute atomic E-state index is 0.250. The number of nitrogens with one attached hydrogen (secondary N) is 1. The molecule has 9 heteroatoms. The maximum atomic E-state index is 12.8. The Morgan fingerprint density at radius 3 is 2.75 bits per heavy atom. The first-order valence-electron chi connectivity index (χ1n) is 8.61. The van der Waals surface area contributed by atoms with Gasteiger partial charge in [-0.15, -0.1) is 0 Å². The summed E-state index contributed by atoms with van der Waals surface area (Å²) < 4.78 is 3.27. The molecule has 0 spiro atoms. The van der Waals surface area contributed by atoms with Crippen molar-refractivity contribution < 1.29 is 4.79 Å². The van der Waals surface area contributed by atoms with Crippen molar-refractivity contribution in [2.75, 3.05) is 5.32 Å². The van der Waals surface area contributed by atoms with Crippen LogP contribution in [0.5, 0.6) is 0 Å². The molecule has 1 aromatic carbocycles. The van der Waals surface area contributed by atoms with Crippen LogP contribution in [0.25, 0.3) is 11.5 Å². The highest BCUT2D eigenvalue weighted by molar-refractivity contribution is 6.30. The summed E-state index contributed by atoms with van der Waals surface area (Å²) in [6.45, 7) is 1.98. The topological polar surface area (TPSA) is 90.5 Å². The highest BCUT2D eigenvalue weighted by Gasteiger charge is 2.17. The van der Waals surface area contributed by atoms with Crippen LogP contribution in [0.2, 0.25) is 5.02 Å². The Hall–Kier alpha value is -3.52. The molecule has 28 heavy (non-hydrogen) atoms. The molecule has 4 rings (SSSR count). The van der Waals surface area contributed by atoms with Crippen LogP contribution in [0.1, 0.15) is 23.0 Å². The molecule has 0 radical (unpaired) electrons. The van der Waals surface area contributed by atoms with E-state index < -0.39 is 0 Å². The fourth-order valence-corrected chi connectivity index (χ4v) is 3.04. The molecule has 0 saturated carbocycles. The van der Waals surface area contributed by atoms with E-state index in [9.17, 15) is 4.79 Å². The van der Waals surface area contributed by atoms with Gasteiger partial charge >= 0.3 is 0 Å². The first-order valence-corrected chi connectivity index (χ1v) is 8.98. The van der Waals surface area contributed by atoms with Crippen molar-refractivity contribution in [3.8, 4) is 11.5 Å². The van der Waals surface area contributed by atoms with Crippen LogP contribution in [0.15, 0.2) is 61.4 Å². The van der Waals surface area contributed by atoms with Gasteiger partial charge in [0.1, 0.15) is 12.7 Å². The van der Waals surface area contributed by atoms with Gasteiger partial charge in [-0.2, -0.15) is 10.2 Å². The smallest absolute Gasteiger partial charge is 0.259 e. The van der Waals surface area contributed by atoms with Gasteiger partial charge in [0.05, 0.1) is 35.0 Å². The summed E-state index contributed by atoms with van der Waals surface area (Å²) in [5, 5.41) is 11.9. The number of hydrogen-bond donors (Lipinski definition) is 1. The number of carbonyl (C=O) groups is 1. The summed E-state index contributed by atoms with van der Waals surface area (Å²) >= 11 is 6.08. The van der Waals surface area contributed by atoms with Crippen LogP contribution >= 0.6 is 11.6 Å². The Bertz CT molecular complexity index is 1100. The molecule has 0 aliphatic carbocycles. The van der Waals surface area contributed by atoms with Crippen LogP contribution in [0.3, 0.4) is 0 Å². The fraction of sp³-hybridized carbons (Fsp3) is 0.105. The molecule has 3 heterocycles. The van der Waals surface area contributed by atoms with Crippen LogP contribution in [-0.2, 0) is 6.42 Å². The number of aromatic nitrogens is 6. The van der Waals surface area contributed by atoms with Crippen LogP contribution in [0.4, 0.5) is 5.69 Å². The lowest BCUT2D eigenvalue weighted by Gasteiger charge is -2.09. The third kappa shape index (κ3) is 3.49. The Morgan fingerprint density at radius 1 is 1.18 bits per heavy atom. The summed E-state index contributed by atoms with van der Waals surface area (Å²) in [5.41, 5.74) is 2.68. The molecule has 0 aliphatic heterocycles. The van der Waals surface area contributed by atoms with Crippen LogP contribution in [0, 0.1) is 0 Å². The molecule has 1 amide bonds. The molecule has 8 nitrogen and oxygen atoms in total. The van der Waals surface area contributed by atoms with Crippen molar-refractivity contribution in [1.82, 2.24) is 29.5 Å². The van der Waals surface area contributed by atoms with E-state index in [1.165, 1.54) is 11.0 Å². The normalized spacial score (nSPS) is 10.8. The fourth-order valence-electron chi connectivity index (χ4n) is 2.85. The van der Waals surface area contributed by atoms with E-state index in [4.69, 9.17) is 11.6 Å². The van der Waals surface area contributed by atoms with Gasteiger partial charge in [0.25, 0.3) is 5.91 Å². The number of carbonyl (C=O) groups excluding carboxylic acids is 1. The predicted molar refractivity (Wildman–Crippen MR) is 105 cm³/mol. The van der Waals surface area contributed by atoms with Gasteiger partial charge in [-0.1, -0.05) is 24.6 Å². The van der Waals surface area contributed by atoms with Crippen molar-refractivity contribution in [3.05, 3.63) is 77.7 Å². The highest BCUT2D eigenvalue weighted by Crippen LogP contribution is 2.20. The number of pyridine rings is 1. The van der Waals surface area contributed by atoms with Gasteiger partial charge in [0.2, 0.25) is 0 Å². The van der Waals surface area contributed by atoms with Gasteiger partial charge < -0.3 is 5.32 Å². The molecular formula is C19H16ClN7O. The zero-order valence-corrected chi connectivity index (χ0v) is 15.7. The van der Waals surface area contributed by atoms with Crippen molar-refractivity contribution >= 4 is 23.2 Å². The summed E-state index contributed by atoms with van der Waals surface area (Å²) in [6, 6.07) is 10.9. The van der Waals surface area contributed by atoms with Crippen molar-refractivity contribution in [1.29, 1.82) is 0 Å². The molecule has 1 N–H and O–H groups in total. The molecule has 0 atom stereocenters. The minimum atomic E-state index is -0.250. The summed E-state index contributed by atoms with van der Waals surface area (Å²) in [7, 11) is 0. The molecule has 0 unspecified atom stereocenters. The second-order valence-electron chi connectivity index (χ2n) is 5.95. The number of halogens is 1. The maximum Gasteiger partial charge on any atom is 0.259 e. The Labute approximate surface area is 165 Å². The quantitative estimate of drug-likeness (QED) is 0.561. The first kappa shape index (κ1) is 17.9. The third-order valence-electron chi connectivity index (χ3n) is 4.16. The molecule has 140 valence electrons. The SMILES string of the molecule is CCc1c(C(=O)Nc2ccc(-n3cncn3)nc2)cnn1-c1cccc(Cl)c1. The van der Waals surface area contributed by atoms with Crippen LogP contribution in [-0.4, -0.2) is 35.4 Å². The van der Waals surface area contributed by atoms with Gasteiger partial charge in [0, 0.05) is 5.02 Å². The lowest BCUT2D eigenvalue weighted by atomic mass is 10.2. The average Bonchev–Trinajstić information content (AvgIpc) is 3.38. The van der Waals surface area contributed by atoms with Gasteiger partial charge in [-0.3, -0.25) is 4.79 Å². The van der Waals surface area contributed by atoms with E-state index in [2.05, 4.69) is 25.5 Å². The third-order valence-corrected chi connectivity index (χ3v) is 4.40. The first-order chi connectivity index (χ1) is 13.7. The van der Waals surface area contributed by atoms with Crippen molar-refractivity contribution in [2.24, 2.45) is 0 Å². The van der Waals surface area contributed by atoms with Gasteiger partial charge in [0.15, 0.2) is 5.82 Å². The average molecular weight is 394 g/mol.